The van der Waals surface area contributed by atoms with Gasteiger partial charge in [0.05, 0.1) is 11.8 Å². The Balaban J connectivity index is 2.53. The maximum absolute atomic E-state index is 5.05. The molecule has 0 saturated heterocycles. The van der Waals surface area contributed by atoms with E-state index in [4.69, 9.17) is 4.42 Å². The Morgan fingerprint density at radius 3 is 3.56 bits per heavy atom. The number of nitrogens with one attached hydrogen (secondary N) is 1. The molecule has 3 nitrogen and oxygen atoms in total. The van der Waals surface area contributed by atoms with Crippen LogP contribution in [0.2, 0.25) is 0 Å². The van der Waals surface area contributed by atoms with Gasteiger partial charge in [-0.15, -0.1) is 0 Å². The van der Waals surface area contributed by atoms with Crippen molar-refractivity contribution in [3.05, 3.63) is 17.9 Å². The van der Waals surface area contributed by atoms with Crippen LogP contribution >= 0.6 is 0 Å². The summed E-state index contributed by atoms with van der Waals surface area (Å²) in [6.45, 7) is 0.626. The number of rotatable bonds is 0. The number of anilines is 1. The molecule has 0 aliphatic carbocycles. The summed E-state index contributed by atoms with van der Waals surface area (Å²) < 4.78 is 5.05. The van der Waals surface area contributed by atoms with Gasteiger partial charge in [0.2, 0.25) is 5.88 Å². The lowest BCUT2D eigenvalue weighted by Crippen LogP contribution is -2.04. The average Bonchev–Trinajstić information content (AvgIpc) is 2.33. The molecule has 0 spiro atoms. The van der Waals surface area contributed by atoms with Crippen molar-refractivity contribution >= 4 is 12.1 Å². The van der Waals surface area contributed by atoms with Gasteiger partial charge < -0.3 is 9.73 Å². The Bertz CT molecular complexity index is 239. The first-order valence-corrected chi connectivity index (χ1v) is 2.78. The summed E-state index contributed by atoms with van der Waals surface area (Å²) in [4.78, 5) is 3.99. The fourth-order valence-electron chi connectivity index (χ4n) is 0.826. The first-order valence-electron chi connectivity index (χ1n) is 2.78. The van der Waals surface area contributed by atoms with E-state index in [1.807, 2.05) is 6.07 Å². The SMILES string of the molecule is C1=NCNc2occc21. The first-order chi connectivity index (χ1) is 4.47. The van der Waals surface area contributed by atoms with E-state index in [-0.39, 0.29) is 0 Å². The predicted octanol–water partition coefficient (Wildman–Crippen LogP) is 1.08. The van der Waals surface area contributed by atoms with Gasteiger partial charge >= 0.3 is 0 Å². The highest BCUT2D eigenvalue weighted by molar-refractivity contribution is 5.87. The molecule has 1 aromatic rings. The summed E-state index contributed by atoms with van der Waals surface area (Å²) in [6.07, 6.45) is 3.45. The monoisotopic (exact) mass is 122 g/mol. The Labute approximate surface area is 52.4 Å². The van der Waals surface area contributed by atoms with Crippen LogP contribution in [-0.2, 0) is 0 Å². The Hall–Kier alpha value is -1.25. The second-order valence-electron chi connectivity index (χ2n) is 1.85. The van der Waals surface area contributed by atoms with Gasteiger partial charge in [0, 0.05) is 6.21 Å². The third-order valence-corrected chi connectivity index (χ3v) is 1.26. The molecule has 0 saturated carbocycles. The third-order valence-electron chi connectivity index (χ3n) is 1.26. The molecule has 9 heavy (non-hydrogen) atoms. The zero-order valence-electron chi connectivity index (χ0n) is 4.79. The number of hydrogen-bond donors (Lipinski definition) is 1. The van der Waals surface area contributed by atoms with Gasteiger partial charge in [-0.05, 0) is 6.07 Å². The summed E-state index contributed by atoms with van der Waals surface area (Å²) in [5.74, 6) is 0.824. The lowest BCUT2D eigenvalue weighted by atomic mass is 10.3. The summed E-state index contributed by atoms with van der Waals surface area (Å²) in [5.41, 5.74) is 1.03. The van der Waals surface area contributed by atoms with E-state index in [2.05, 4.69) is 10.3 Å². The molecule has 0 bridgehead atoms. The van der Waals surface area contributed by atoms with Crippen molar-refractivity contribution in [3.8, 4) is 0 Å². The average molecular weight is 122 g/mol. The van der Waals surface area contributed by atoms with Crippen LogP contribution in [0.5, 0.6) is 0 Å². The van der Waals surface area contributed by atoms with Crippen LogP contribution in [0.25, 0.3) is 0 Å². The molecule has 46 valence electrons. The standard InChI is InChI=1S/C6H6N2O/c1-2-9-6-5(1)3-7-4-8-6/h1-3,8H,4H2. The minimum Gasteiger partial charge on any atom is -0.448 e. The van der Waals surface area contributed by atoms with Gasteiger partial charge in [-0.25, -0.2) is 0 Å². The Morgan fingerprint density at radius 1 is 1.67 bits per heavy atom. The van der Waals surface area contributed by atoms with Crippen molar-refractivity contribution in [2.24, 2.45) is 4.99 Å². The normalized spacial score (nSPS) is 14.7. The van der Waals surface area contributed by atoms with Crippen molar-refractivity contribution in [2.75, 3.05) is 12.0 Å². The summed E-state index contributed by atoms with van der Waals surface area (Å²) in [7, 11) is 0. The maximum atomic E-state index is 5.05. The largest absolute Gasteiger partial charge is 0.448 e. The number of fused-ring (bicyclic) bond motifs is 1. The van der Waals surface area contributed by atoms with Gasteiger partial charge in [0.25, 0.3) is 0 Å². The lowest BCUT2D eigenvalue weighted by molar-refractivity contribution is 0.578. The van der Waals surface area contributed by atoms with Crippen molar-refractivity contribution in [1.82, 2.24) is 0 Å². The van der Waals surface area contributed by atoms with Crippen LogP contribution in [0, 0.1) is 0 Å². The molecule has 2 rings (SSSR count). The van der Waals surface area contributed by atoms with Crippen LogP contribution in [0.15, 0.2) is 21.7 Å². The van der Waals surface area contributed by atoms with Crippen molar-refractivity contribution in [2.45, 2.75) is 0 Å². The molecule has 0 fully saturated rings. The number of hydrogen-bond acceptors (Lipinski definition) is 3. The van der Waals surface area contributed by atoms with E-state index < -0.39 is 0 Å². The zero-order chi connectivity index (χ0) is 6.10. The molecule has 0 unspecified atom stereocenters. The molecule has 1 aliphatic heterocycles. The van der Waals surface area contributed by atoms with E-state index in [1.165, 1.54) is 0 Å². The summed E-state index contributed by atoms with van der Waals surface area (Å²) >= 11 is 0. The minimum atomic E-state index is 0.626. The second-order valence-corrected chi connectivity index (χ2v) is 1.85. The summed E-state index contributed by atoms with van der Waals surface area (Å²) in [6, 6.07) is 1.88. The van der Waals surface area contributed by atoms with Crippen LogP contribution in [0.1, 0.15) is 5.56 Å². The van der Waals surface area contributed by atoms with Gasteiger partial charge in [-0.2, -0.15) is 0 Å². The Kier molecular flexibility index (Phi) is 0.828. The van der Waals surface area contributed by atoms with Crippen LogP contribution in [0.3, 0.4) is 0 Å². The van der Waals surface area contributed by atoms with Crippen LogP contribution < -0.4 is 5.32 Å². The number of furan rings is 1. The number of nitrogens with zero attached hydrogens (tertiary/aromatic N) is 1. The van der Waals surface area contributed by atoms with Crippen LogP contribution in [-0.4, -0.2) is 12.9 Å². The third kappa shape index (κ3) is 0.614. The first kappa shape index (κ1) is 4.61. The molecular weight excluding hydrogens is 116 g/mol. The highest BCUT2D eigenvalue weighted by Crippen LogP contribution is 2.16. The summed E-state index contributed by atoms with van der Waals surface area (Å²) in [5, 5.41) is 2.98. The highest BCUT2D eigenvalue weighted by atomic mass is 16.3. The quantitative estimate of drug-likeness (QED) is 0.559. The van der Waals surface area contributed by atoms with Gasteiger partial charge in [0.1, 0.15) is 6.67 Å². The molecule has 3 heteroatoms. The van der Waals surface area contributed by atoms with Crippen LogP contribution in [0.4, 0.5) is 5.88 Å². The van der Waals surface area contributed by atoms with E-state index >= 15 is 0 Å². The van der Waals surface area contributed by atoms with Crippen molar-refractivity contribution < 1.29 is 4.42 Å². The van der Waals surface area contributed by atoms with E-state index in [9.17, 15) is 0 Å². The highest BCUT2D eigenvalue weighted by Gasteiger charge is 2.04. The molecule has 0 atom stereocenters. The fourth-order valence-corrected chi connectivity index (χ4v) is 0.826. The lowest BCUT2D eigenvalue weighted by Gasteiger charge is -2.03. The van der Waals surface area contributed by atoms with Gasteiger partial charge in [-0.3, -0.25) is 4.99 Å². The molecule has 0 amide bonds. The van der Waals surface area contributed by atoms with Gasteiger partial charge in [0.15, 0.2) is 0 Å². The van der Waals surface area contributed by atoms with E-state index in [0.29, 0.717) is 6.67 Å². The molecule has 2 heterocycles. The maximum Gasteiger partial charge on any atom is 0.202 e. The topological polar surface area (TPSA) is 37.5 Å². The molecular formula is C6H6N2O. The van der Waals surface area contributed by atoms with Crippen molar-refractivity contribution in [1.29, 1.82) is 0 Å². The Morgan fingerprint density at radius 2 is 2.67 bits per heavy atom. The molecule has 1 aliphatic rings. The fraction of sp³-hybridized carbons (Fsp3) is 0.167. The smallest absolute Gasteiger partial charge is 0.202 e. The van der Waals surface area contributed by atoms with Gasteiger partial charge in [-0.1, -0.05) is 0 Å². The molecule has 0 aromatic carbocycles. The molecule has 0 radical (unpaired) electrons. The van der Waals surface area contributed by atoms with E-state index in [0.717, 1.165) is 11.4 Å². The predicted molar refractivity (Wildman–Crippen MR) is 34.8 cm³/mol. The van der Waals surface area contributed by atoms with Crippen molar-refractivity contribution in [3.63, 3.8) is 0 Å². The molecule has 1 aromatic heterocycles. The molecule has 1 N–H and O–H groups in total. The number of aliphatic imine (C=N–C) groups is 1. The zero-order valence-corrected chi connectivity index (χ0v) is 4.79. The minimum absolute atomic E-state index is 0.626. The van der Waals surface area contributed by atoms with E-state index in [1.54, 1.807) is 12.5 Å². The second kappa shape index (κ2) is 1.62.